The standard InChI is InChI=1S/C11H18O7/c1-8(7-9(13)14)18-11(16)4-6-17-10(15)3-2-5-12/h8,12H,2-7H2,1H3,(H,13,14). The second-order valence-electron chi connectivity index (χ2n) is 3.70. The van der Waals surface area contributed by atoms with Gasteiger partial charge in [0.15, 0.2) is 0 Å². The molecule has 0 aromatic carbocycles. The van der Waals surface area contributed by atoms with Gasteiger partial charge in [0.25, 0.3) is 0 Å². The van der Waals surface area contributed by atoms with Crippen molar-refractivity contribution in [3.05, 3.63) is 0 Å². The summed E-state index contributed by atoms with van der Waals surface area (Å²) in [5.41, 5.74) is 0. The highest BCUT2D eigenvalue weighted by Crippen LogP contribution is 2.01. The van der Waals surface area contributed by atoms with Gasteiger partial charge in [0, 0.05) is 13.0 Å². The van der Waals surface area contributed by atoms with Crippen LogP contribution in [0.2, 0.25) is 0 Å². The van der Waals surface area contributed by atoms with Crippen LogP contribution in [0, 0.1) is 0 Å². The van der Waals surface area contributed by atoms with Gasteiger partial charge in [-0.25, -0.2) is 0 Å². The number of esters is 2. The number of aliphatic hydroxyl groups excluding tert-OH is 1. The highest BCUT2D eigenvalue weighted by atomic mass is 16.6. The first-order valence-corrected chi connectivity index (χ1v) is 5.63. The number of hydrogen-bond donors (Lipinski definition) is 2. The Morgan fingerprint density at radius 3 is 2.39 bits per heavy atom. The van der Waals surface area contributed by atoms with Gasteiger partial charge in [-0.1, -0.05) is 0 Å². The SMILES string of the molecule is CC(CC(=O)O)OC(=O)CCOC(=O)CCCO. The maximum absolute atomic E-state index is 11.2. The van der Waals surface area contributed by atoms with Gasteiger partial charge in [-0.05, 0) is 13.3 Å². The molecule has 2 N–H and O–H groups in total. The Bertz CT molecular complexity index is 287. The summed E-state index contributed by atoms with van der Waals surface area (Å²) in [6.07, 6.45) is -0.670. The van der Waals surface area contributed by atoms with Crippen LogP contribution in [0.15, 0.2) is 0 Å². The van der Waals surface area contributed by atoms with Gasteiger partial charge in [-0.2, -0.15) is 0 Å². The predicted molar refractivity (Wildman–Crippen MR) is 59.7 cm³/mol. The largest absolute Gasteiger partial charge is 0.481 e. The maximum Gasteiger partial charge on any atom is 0.309 e. The number of carbonyl (C=O) groups excluding carboxylic acids is 2. The van der Waals surface area contributed by atoms with E-state index in [4.69, 9.17) is 19.7 Å². The Kier molecular flexibility index (Phi) is 8.55. The molecule has 0 saturated heterocycles. The average Bonchev–Trinajstić information content (AvgIpc) is 2.24. The first kappa shape index (κ1) is 16.4. The highest BCUT2D eigenvalue weighted by Gasteiger charge is 2.13. The fourth-order valence-electron chi connectivity index (χ4n) is 1.11. The number of carboxylic acid groups (broad SMARTS) is 1. The third-order valence-electron chi connectivity index (χ3n) is 1.90. The van der Waals surface area contributed by atoms with E-state index in [1.807, 2.05) is 0 Å². The van der Waals surface area contributed by atoms with Crippen molar-refractivity contribution in [2.45, 2.75) is 38.7 Å². The molecule has 0 fully saturated rings. The van der Waals surface area contributed by atoms with Crippen LogP contribution in [0.5, 0.6) is 0 Å². The topological polar surface area (TPSA) is 110 Å². The van der Waals surface area contributed by atoms with E-state index < -0.39 is 24.0 Å². The minimum Gasteiger partial charge on any atom is -0.481 e. The Labute approximate surface area is 105 Å². The quantitative estimate of drug-likeness (QED) is 0.567. The molecule has 0 heterocycles. The molecule has 0 aliphatic rings. The third kappa shape index (κ3) is 9.59. The van der Waals surface area contributed by atoms with E-state index in [1.54, 1.807) is 0 Å². The Balaban J connectivity index is 3.64. The van der Waals surface area contributed by atoms with Gasteiger partial charge in [0.05, 0.1) is 12.8 Å². The second kappa shape index (κ2) is 9.41. The Morgan fingerprint density at radius 1 is 1.17 bits per heavy atom. The van der Waals surface area contributed by atoms with Gasteiger partial charge in [-0.3, -0.25) is 14.4 Å². The number of carbonyl (C=O) groups is 3. The summed E-state index contributed by atoms with van der Waals surface area (Å²) >= 11 is 0. The molecule has 7 nitrogen and oxygen atoms in total. The zero-order valence-corrected chi connectivity index (χ0v) is 10.3. The molecule has 0 saturated carbocycles. The summed E-state index contributed by atoms with van der Waals surface area (Å²) in [5.74, 6) is -2.15. The van der Waals surface area contributed by atoms with Crippen LogP contribution in [-0.4, -0.2) is 47.4 Å². The van der Waals surface area contributed by atoms with Crippen LogP contribution in [0.4, 0.5) is 0 Å². The summed E-state index contributed by atoms with van der Waals surface area (Å²) in [4.78, 5) is 32.5. The van der Waals surface area contributed by atoms with Crippen LogP contribution in [0.1, 0.15) is 32.6 Å². The smallest absolute Gasteiger partial charge is 0.309 e. The summed E-state index contributed by atoms with van der Waals surface area (Å²) in [7, 11) is 0. The fraction of sp³-hybridized carbons (Fsp3) is 0.727. The molecular weight excluding hydrogens is 244 g/mol. The zero-order chi connectivity index (χ0) is 14.0. The summed E-state index contributed by atoms with van der Waals surface area (Å²) in [5, 5.41) is 16.9. The van der Waals surface area contributed by atoms with E-state index in [2.05, 4.69) is 0 Å². The van der Waals surface area contributed by atoms with Crippen LogP contribution in [0.25, 0.3) is 0 Å². The van der Waals surface area contributed by atoms with Crippen molar-refractivity contribution in [1.82, 2.24) is 0 Å². The van der Waals surface area contributed by atoms with Crippen molar-refractivity contribution in [1.29, 1.82) is 0 Å². The minimum absolute atomic E-state index is 0.0934. The van der Waals surface area contributed by atoms with E-state index in [1.165, 1.54) is 6.92 Å². The molecule has 0 rings (SSSR count). The van der Waals surface area contributed by atoms with Gasteiger partial charge in [-0.15, -0.1) is 0 Å². The van der Waals surface area contributed by atoms with Crippen LogP contribution in [-0.2, 0) is 23.9 Å². The first-order chi connectivity index (χ1) is 8.45. The molecule has 0 aromatic heterocycles. The molecule has 104 valence electrons. The van der Waals surface area contributed by atoms with Crippen LogP contribution < -0.4 is 0 Å². The fourth-order valence-corrected chi connectivity index (χ4v) is 1.11. The van der Waals surface area contributed by atoms with Gasteiger partial charge in [0.2, 0.25) is 0 Å². The molecular formula is C11H18O7. The second-order valence-corrected chi connectivity index (χ2v) is 3.70. The highest BCUT2D eigenvalue weighted by molar-refractivity contribution is 5.72. The number of carboxylic acids is 1. The van der Waals surface area contributed by atoms with E-state index >= 15 is 0 Å². The molecule has 18 heavy (non-hydrogen) atoms. The number of aliphatic hydroxyl groups is 1. The van der Waals surface area contributed by atoms with Crippen molar-refractivity contribution in [3.63, 3.8) is 0 Å². The van der Waals surface area contributed by atoms with E-state index in [0.717, 1.165) is 0 Å². The third-order valence-corrected chi connectivity index (χ3v) is 1.90. The first-order valence-electron chi connectivity index (χ1n) is 5.63. The van der Waals surface area contributed by atoms with Crippen molar-refractivity contribution >= 4 is 17.9 Å². The van der Waals surface area contributed by atoms with Crippen LogP contribution >= 0.6 is 0 Å². The normalized spacial score (nSPS) is 11.7. The molecule has 1 atom stereocenters. The minimum atomic E-state index is -1.05. The Hall–Kier alpha value is -1.63. The lowest BCUT2D eigenvalue weighted by atomic mass is 10.3. The number of ether oxygens (including phenoxy) is 2. The zero-order valence-electron chi connectivity index (χ0n) is 10.3. The van der Waals surface area contributed by atoms with E-state index in [9.17, 15) is 14.4 Å². The lowest BCUT2D eigenvalue weighted by molar-refractivity contribution is -0.154. The molecule has 0 aliphatic heterocycles. The van der Waals surface area contributed by atoms with Crippen LogP contribution in [0.3, 0.4) is 0 Å². The molecule has 0 aromatic rings. The Morgan fingerprint density at radius 2 is 1.83 bits per heavy atom. The van der Waals surface area contributed by atoms with Gasteiger partial charge >= 0.3 is 17.9 Å². The average molecular weight is 262 g/mol. The van der Waals surface area contributed by atoms with Gasteiger partial charge < -0.3 is 19.7 Å². The molecule has 0 bridgehead atoms. The molecule has 0 radical (unpaired) electrons. The molecule has 1 unspecified atom stereocenters. The van der Waals surface area contributed by atoms with E-state index in [0.29, 0.717) is 6.42 Å². The van der Waals surface area contributed by atoms with Gasteiger partial charge in [0.1, 0.15) is 12.7 Å². The monoisotopic (exact) mass is 262 g/mol. The van der Waals surface area contributed by atoms with E-state index in [-0.39, 0.29) is 32.5 Å². The van der Waals surface area contributed by atoms with Crippen molar-refractivity contribution in [2.75, 3.05) is 13.2 Å². The lowest BCUT2D eigenvalue weighted by Crippen LogP contribution is -2.20. The van der Waals surface area contributed by atoms with Crippen molar-refractivity contribution in [2.24, 2.45) is 0 Å². The number of aliphatic carboxylic acids is 1. The molecule has 0 spiro atoms. The predicted octanol–water partition coefficient (Wildman–Crippen LogP) is 0.0986. The van der Waals surface area contributed by atoms with Crippen molar-refractivity contribution in [3.8, 4) is 0 Å². The summed E-state index contributed by atoms with van der Waals surface area (Å²) in [6, 6.07) is 0. The summed E-state index contributed by atoms with van der Waals surface area (Å²) in [6.45, 7) is 1.27. The molecule has 0 aliphatic carbocycles. The molecule has 7 heteroatoms. The lowest BCUT2D eigenvalue weighted by Gasteiger charge is -2.10. The summed E-state index contributed by atoms with van der Waals surface area (Å²) < 4.78 is 9.48. The maximum atomic E-state index is 11.2. The van der Waals surface area contributed by atoms with Crippen molar-refractivity contribution < 1.29 is 34.1 Å². The number of rotatable bonds is 9. The molecule has 0 amide bonds. The number of hydrogen-bond acceptors (Lipinski definition) is 6.